The first-order valence-electron chi connectivity index (χ1n) is 24.9. The summed E-state index contributed by atoms with van der Waals surface area (Å²) >= 11 is 3.66. The van der Waals surface area contributed by atoms with Gasteiger partial charge in [-0.05, 0) is 124 Å². The molecule has 0 spiro atoms. The Balaban J connectivity index is 1.08. The lowest BCUT2D eigenvalue weighted by Crippen LogP contribution is -2.47. The smallest absolute Gasteiger partial charge is 0.229 e. The molecule has 18 nitrogen and oxygen atoms in total. The molecular weight excluding hydrogens is 1010 g/mol. The summed E-state index contributed by atoms with van der Waals surface area (Å²) in [5, 5.41) is 9.06. The molecule has 4 saturated heterocycles. The van der Waals surface area contributed by atoms with Gasteiger partial charge in [0.1, 0.15) is 36.6 Å². The fourth-order valence-electron chi connectivity index (χ4n) is 11.2. The highest BCUT2D eigenvalue weighted by Crippen LogP contribution is 2.44. The van der Waals surface area contributed by atoms with Gasteiger partial charge in [0.05, 0.1) is 39.5 Å². The lowest BCUT2D eigenvalue weighted by Gasteiger charge is -2.40. The molecular formula is C53H69BrN15O3P. The van der Waals surface area contributed by atoms with E-state index in [1.165, 1.54) is 12.8 Å². The number of hydrogen-bond donors (Lipinski definition) is 5. The van der Waals surface area contributed by atoms with Crippen LogP contribution in [0.25, 0.3) is 22.2 Å². The van der Waals surface area contributed by atoms with Gasteiger partial charge in [-0.15, -0.1) is 0 Å². The van der Waals surface area contributed by atoms with Crippen LogP contribution < -0.4 is 52.5 Å². The Bertz CT molecular complexity index is 3010. The molecule has 4 aliphatic heterocycles. The quantitative estimate of drug-likeness (QED) is 0.0163. The summed E-state index contributed by atoms with van der Waals surface area (Å²) in [4.78, 5) is 33.0. The van der Waals surface area contributed by atoms with E-state index >= 15 is 0 Å². The zero-order chi connectivity index (χ0) is 51.6. The van der Waals surface area contributed by atoms with Crippen molar-refractivity contribution in [3.05, 3.63) is 95.1 Å². The maximum Gasteiger partial charge on any atom is 0.229 e. The Morgan fingerprint density at radius 1 is 0.890 bits per heavy atom. The average molecular weight is 1080 g/mol. The summed E-state index contributed by atoms with van der Waals surface area (Å²) in [6, 6.07) is 12.8. The van der Waals surface area contributed by atoms with Crippen molar-refractivity contribution in [2.24, 2.45) is 28.4 Å². The lowest BCUT2D eigenvalue weighted by atomic mass is 9.91. The number of ether oxygens (including phenoxy) is 2. The summed E-state index contributed by atoms with van der Waals surface area (Å²) in [6.07, 6.45) is 18.8. The number of nitrogens with two attached hydrogens (primary N) is 3. The zero-order valence-corrected chi connectivity index (χ0v) is 45.4. The topological polar surface area (TPSA) is 218 Å². The highest BCUT2D eigenvalue weighted by molar-refractivity contribution is 9.10. The average Bonchev–Trinajstić information content (AvgIpc) is 3.94. The van der Waals surface area contributed by atoms with Gasteiger partial charge in [-0.1, -0.05) is 6.08 Å². The molecule has 4 unspecified atom stereocenters. The molecule has 0 saturated carbocycles. The van der Waals surface area contributed by atoms with E-state index in [0.717, 1.165) is 85.8 Å². The predicted octanol–water partition coefficient (Wildman–Crippen LogP) is 7.35. The third kappa shape index (κ3) is 11.2. The van der Waals surface area contributed by atoms with Crippen molar-refractivity contribution in [3.8, 4) is 11.5 Å². The molecule has 0 aliphatic carbocycles. The molecule has 5 aromatic rings. The molecule has 4 fully saturated rings. The van der Waals surface area contributed by atoms with Gasteiger partial charge >= 0.3 is 0 Å². The van der Waals surface area contributed by atoms with Crippen LogP contribution in [0.5, 0.6) is 11.5 Å². The highest BCUT2D eigenvalue weighted by atomic mass is 79.9. The van der Waals surface area contributed by atoms with Crippen molar-refractivity contribution in [2.45, 2.75) is 37.8 Å². The van der Waals surface area contributed by atoms with Crippen molar-refractivity contribution >= 4 is 97.0 Å². The van der Waals surface area contributed by atoms with E-state index in [0.29, 0.717) is 79.1 Å². The molecule has 3 aromatic carbocycles. The fraction of sp³-hybridized carbons (Fsp3) is 0.415. The number of hydrogen-bond acceptors (Lipinski definition) is 18. The van der Waals surface area contributed by atoms with Gasteiger partial charge in [0, 0.05) is 135 Å². The Morgan fingerprint density at radius 3 is 2.16 bits per heavy atom. The molecule has 0 bridgehead atoms. The second-order valence-corrected chi connectivity index (χ2v) is 24.0. The number of aromatic nitrogens is 4. The van der Waals surface area contributed by atoms with Crippen molar-refractivity contribution < 1.29 is 14.0 Å². The number of methoxy groups -OCH3 is 1. The normalized spacial score (nSPS) is 21.1. The number of hydrazine groups is 1. The number of likely N-dealkylation sites (N-methyl/N-ethyl adjacent to an activating group) is 2. The minimum absolute atomic E-state index is 0.192. The first kappa shape index (κ1) is 51.7. The van der Waals surface area contributed by atoms with E-state index < -0.39 is 7.14 Å². The Labute approximate surface area is 437 Å². The molecule has 0 radical (unpaired) electrons. The van der Waals surface area contributed by atoms with Gasteiger partial charge in [-0.2, -0.15) is 4.98 Å². The Kier molecular flexibility index (Phi) is 15.6. The van der Waals surface area contributed by atoms with Crippen LogP contribution in [-0.4, -0.2) is 148 Å². The van der Waals surface area contributed by atoms with Gasteiger partial charge in [-0.25, -0.2) is 10.8 Å². The number of rotatable bonds is 16. The van der Waals surface area contributed by atoms with Crippen LogP contribution in [0.1, 0.15) is 36.8 Å². The molecule has 386 valence electrons. The van der Waals surface area contributed by atoms with Crippen LogP contribution in [0, 0.1) is 11.8 Å². The molecule has 73 heavy (non-hydrogen) atoms. The standard InChI is InChI=1S/C53H69BrN15O3P/c1-58-28-36(27-55)38-24-43(63-53-61-29-39(54)52(64-53)62-42-11-10-41-50(60-17-16-59-41)51(42)73(6,7)70)49(26-45(38)69-21-15-34-13-19-66(3)47(34)32-69)72-22-8-9-35(30-67(4)57)37-23-40(56)48(71-5)25-44(37)68-20-14-33-12-18-65(2)46(33)31-68/h8-11,16-17,23-30,33-34,46-47H,12-15,18-22,31-32,55-57H2,1-7H3,(H2,61,62,63,64)/b9-8+,35-30+,36-27?,58-28?. The second-order valence-electron chi connectivity index (χ2n) is 20.0. The van der Waals surface area contributed by atoms with Gasteiger partial charge in [0.2, 0.25) is 5.95 Å². The van der Waals surface area contributed by atoms with E-state index in [1.807, 2.05) is 49.7 Å². The summed E-state index contributed by atoms with van der Waals surface area (Å²) < 4.78 is 27.1. The summed E-state index contributed by atoms with van der Waals surface area (Å²) in [7, 11) is 6.79. The van der Waals surface area contributed by atoms with Gasteiger partial charge in [0.15, 0.2) is 0 Å². The summed E-state index contributed by atoms with van der Waals surface area (Å²) in [5.74, 6) is 9.66. The largest absolute Gasteiger partial charge is 0.495 e. The number of benzene rings is 3. The summed E-state index contributed by atoms with van der Waals surface area (Å²) in [5.41, 5.74) is 21.5. The first-order chi connectivity index (χ1) is 35.1. The number of nitrogens with one attached hydrogen (secondary N) is 2. The van der Waals surface area contributed by atoms with E-state index in [4.69, 9.17) is 36.8 Å². The van der Waals surface area contributed by atoms with E-state index in [1.54, 1.807) is 63.5 Å². The number of piperidine rings is 2. The monoisotopic (exact) mass is 1070 g/mol. The SMILES string of the molecule is CN=CC(=CN)c1cc(Nc2ncc(Br)c(Nc3ccc4nccnc4c3P(C)(C)=O)n2)c(OC/C=C/C(=C\N(C)N)c2cc(N)c(OC)cc2N2CCC3CCN(C)C3C2)cc1N1CCC2CCN(C)C2C1. The number of aliphatic imine (C=N–C) groups is 1. The number of anilines is 7. The first-order valence-corrected chi connectivity index (χ1v) is 28.3. The number of allylic oxidation sites excluding steroid dienone is 3. The van der Waals surface area contributed by atoms with Crippen LogP contribution in [-0.2, 0) is 4.57 Å². The molecule has 9 rings (SSSR count). The van der Waals surface area contributed by atoms with Crippen molar-refractivity contribution in [1.29, 1.82) is 0 Å². The van der Waals surface area contributed by atoms with Crippen molar-refractivity contribution in [1.82, 2.24) is 34.7 Å². The Hall–Kier alpha value is -6.24. The van der Waals surface area contributed by atoms with E-state index in [2.05, 4.69) is 87.4 Å². The second kappa shape index (κ2) is 22.1. The van der Waals surface area contributed by atoms with Crippen molar-refractivity contribution in [3.63, 3.8) is 0 Å². The third-order valence-electron chi connectivity index (χ3n) is 14.8. The lowest BCUT2D eigenvalue weighted by molar-refractivity contribution is 0.246. The molecule has 0 amide bonds. The minimum atomic E-state index is -2.86. The minimum Gasteiger partial charge on any atom is -0.495 e. The third-order valence-corrected chi connectivity index (χ3v) is 17.0. The van der Waals surface area contributed by atoms with Gasteiger partial charge in [0.25, 0.3) is 0 Å². The molecule has 4 atom stereocenters. The van der Waals surface area contributed by atoms with Crippen LogP contribution >= 0.6 is 23.1 Å². The number of likely N-dealkylation sites (tertiary alicyclic amines) is 2. The van der Waals surface area contributed by atoms with E-state index in [-0.39, 0.29) is 12.6 Å². The van der Waals surface area contributed by atoms with Crippen LogP contribution in [0.3, 0.4) is 0 Å². The number of halogens is 1. The molecule has 2 aromatic heterocycles. The van der Waals surface area contributed by atoms with Gasteiger partial charge in [-0.3, -0.25) is 15.0 Å². The highest BCUT2D eigenvalue weighted by Gasteiger charge is 2.39. The zero-order valence-electron chi connectivity index (χ0n) is 42.9. The summed E-state index contributed by atoms with van der Waals surface area (Å²) in [6.45, 7) is 9.42. The maximum absolute atomic E-state index is 13.8. The molecule has 8 N–H and O–H groups in total. The predicted molar refractivity (Wildman–Crippen MR) is 303 cm³/mol. The molecule has 20 heteroatoms. The number of fused-ring (bicyclic) bond motifs is 3. The number of nitrogens with zero attached hydrogens (tertiary/aromatic N) is 10. The van der Waals surface area contributed by atoms with Crippen molar-refractivity contribution in [2.75, 3.05) is 121 Å². The number of nitrogen functional groups attached to an aromatic ring is 1. The Morgan fingerprint density at radius 2 is 1.53 bits per heavy atom. The van der Waals surface area contributed by atoms with E-state index in [9.17, 15) is 4.57 Å². The molecule has 6 heterocycles. The fourth-order valence-corrected chi connectivity index (χ4v) is 12.9. The maximum atomic E-state index is 13.8. The van der Waals surface area contributed by atoms with Gasteiger partial charge < -0.3 is 60.7 Å². The molecule has 4 aliphatic rings. The van der Waals surface area contributed by atoms with Crippen LogP contribution in [0.2, 0.25) is 0 Å². The van der Waals surface area contributed by atoms with Crippen LogP contribution in [0.4, 0.5) is 40.2 Å². The van der Waals surface area contributed by atoms with Crippen LogP contribution in [0.15, 0.2) is 89.0 Å².